The molecule has 1 saturated heterocycles. The minimum absolute atomic E-state index is 0. The molecule has 0 aromatic heterocycles. The summed E-state index contributed by atoms with van der Waals surface area (Å²) in [6.45, 7) is 4.28. The maximum atomic E-state index is 6.02. The third kappa shape index (κ3) is 2.15. The molecule has 0 amide bonds. The van der Waals surface area contributed by atoms with Crippen molar-refractivity contribution in [2.75, 3.05) is 26.2 Å². The Morgan fingerprint density at radius 3 is 2.62 bits per heavy atom. The summed E-state index contributed by atoms with van der Waals surface area (Å²) in [7, 11) is 0. The van der Waals surface area contributed by atoms with Crippen LogP contribution >= 0.6 is 12.4 Å². The molecule has 4 N–H and O–H groups in total. The van der Waals surface area contributed by atoms with E-state index >= 15 is 0 Å². The molecule has 1 saturated carbocycles. The van der Waals surface area contributed by atoms with Crippen LogP contribution in [0.2, 0.25) is 0 Å². The zero-order chi connectivity index (χ0) is 8.55. The van der Waals surface area contributed by atoms with Crippen LogP contribution < -0.4 is 11.5 Å². The lowest BCUT2D eigenvalue weighted by Crippen LogP contribution is -2.32. The Bertz CT molecular complexity index is 165. The van der Waals surface area contributed by atoms with Crippen molar-refractivity contribution in [3.63, 3.8) is 0 Å². The van der Waals surface area contributed by atoms with E-state index in [1.54, 1.807) is 0 Å². The predicted molar refractivity (Wildman–Crippen MR) is 56.9 cm³/mol. The van der Waals surface area contributed by atoms with E-state index in [1.165, 1.54) is 25.9 Å². The second kappa shape index (κ2) is 4.60. The Labute approximate surface area is 86.2 Å². The van der Waals surface area contributed by atoms with Crippen molar-refractivity contribution in [1.29, 1.82) is 0 Å². The summed E-state index contributed by atoms with van der Waals surface area (Å²) in [6.07, 6.45) is 2.58. The largest absolute Gasteiger partial charge is 0.329 e. The van der Waals surface area contributed by atoms with Crippen molar-refractivity contribution in [1.82, 2.24) is 4.90 Å². The van der Waals surface area contributed by atoms with Gasteiger partial charge in [0, 0.05) is 32.2 Å². The monoisotopic (exact) mass is 205 g/mol. The molecule has 13 heavy (non-hydrogen) atoms. The zero-order valence-corrected chi connectivity index (χ0v) is 8.80. The molecule has 0 aromatic carbocycles. The molecule has 0 radical (unpaired) electrons. The standard InChI is InChI=1S/C9H19N3.ClH/c10-3-4-12-5-7-1-2-9(11)8(7)6-12;/h7-9H,1-6,10-11H2;1H. The van der Waals surface area contributed by atoms with Gasteiger partial charge in [-0.2, -0.15) is 0 Å². The van der Waals surface area contributed by atoms with E-state index in [4.69, 9.17) is 11.5 Å². The van der Waals surface area contributed by atoms with Crippen molar-refractivity contribution in [2.24, 2.45) is 23.3 Å². The van der Waals surface area contributed by atoms with Gasteiger partial charge in [-0.25, -0.2) is 0 Å². The van der Waals surface area contributed by atoms with Crippen LogP contribution in [-0.2, 0) is 0 Å². The molecule has 1 heterocycles. The van der Waals surface area contributed by atoms with Crippen LogP contribution in [0.4, 0.5) is 0 Å². The molecule has 78 valence electrons. The highest BCUT2D eigenvalue weighted by molar-refractivity contribution is 5.85. The first kappa shape index (κ1) is 11.2. The van der Waals surface area contributed by atoms with E-state index in [1.807, 2.05) is 0 Å². The van der Waals surface area contributed by atoms with E-state index in [0.717, 1.165) is 24.9 Å². The Kier molecular flexibility index (Phi) is 3.98. The fourth-order valence-electron chi connectivity index (χ4n) is 2.76. The van der Waals surface area contributed by atoms with E-state index < -0.39 is 0 Å². The average Bonchev–Trinajstić information content (AvgIpc) is 2.55. The molecule has 0 bridgehead atoms. The molecule has 3 unspecified atom stereocenters. The van der Waals surface area contributed by atoms with Crippen molar-refractivity contribution in [3.8, 4) is 0 Å². The number of halogens is 1. The van der Waals surface area contributed by atoms with Crippen molar-refractivity contribution in [3.05, 3.63) is 0 Å². The van der Waals surface area contributed by atoms with E-state index in [0.29, 0.717) is 6.04 Å². The van der Waals surface area contributed by atoms with Crippen LogP contribution in [0.15, 0.2) is 0 Å². The van der Waals surface area contributed by atoms with Crippen LogP contribution in [0.25, 0.3) is 0 Å². The van der Waals surface area contributed by atoms with Crippen LogP contribution in [0, 0.1) is 11.8 Å². The molecule has 3 atom stereocenters. The fraction of sp³-hybridized carbons (Fsp3) is 1.00. The van der Waals surface area contributed by atoms with Gasteiger partial charge in [-0.3, -0.25) is 0 Å². The average molecular weight is 206 g/mol. The summed E-state index contributed by atoms with van der Waals surface area (Å²) in [5, 5.41) is 0. The van der Waals surface area contributed by atoms with Crippen LogP contribution in [0.1, 0.15) is 12.8 Å². The second-order valence-electron chi connectivity index (χ2n) is 4.21. The summed E-state index contributed by atoms with van der Waals surface area (Å²) in [5.41, 5.74) is 11.5. The highest BCUT2D eigenvalue weighted by Crippen LogP contribution is 2.36. The molecule has 2 rings (SSSR count). The lowest BCUT2D eigenvalue weighted by Gasteiger charge is -2.16. The van der Waals surface area contributed by atoms with Crippen molar-refractivity contribution >= 4 is 12.4 Å². The number of hydrogen-bond donors (Lipinski definition) is 2. The van der Waals surface area contributed by atoms with Gasteiger partial charge in [0.1, 0.15) is 0 Å². The van der Waals surface area contributed by atoms with E-state index in [-0.39, 0.29) is 12.4 Å². The third-order valence-corrected chi connectivity index (χ3v) is 3.43. The summed E-state index contributed by atoms with van der Waals surface area (Å²) < 4.78 is 0. The Morgan fingerprint density at radius 2 is 2.00 bits per heavy atom. The highest BCUT2D eigenvalue weighted by atomic mass is 35.5. The summed E-state index contributed by atoms with van der Waals surface area (Å²) in [5.74, 6) is 1.66. The number of fused-ring (bicyclic) bond motifs is 1. The van der Waals surface area contributed by atoms with Gasteiger partial charge in [0.05, 0.1) is 0 Å². The first-order chi connectivity index (χ1) is 5.81. The molecular formula is C9H20ClN3. The quantitative estimate of drug-likeness (QED) is 0.669. The topological polar surface area (TPSA) is 55.3 Å². The summed E-state index contributed by atoms with van der Waals surface area (Å²) >= 11 is 0. The van der Waals surface area contributed by atoms with Gasteiger partial charge in [-0.1, -0.05) is 0 Å². The molecule has 3 nitrogen and oxygen atoms in total. The van der Waals surface area contributed by atoms with Crippen LogP contribution in [-0.4, -0.2) is 37.1 Å². The Morgan fingerprint density at radius 1 is 1.23 bits per heavy atom. The van der Waals surface area contributed by atoms with Crippen LogP contribution in [0.3, 0.4) is 0 Å². The molecule has 1 aliphatic heterocycles. The van der Waals surface area contributed by atoms with Crippen molar-refractivity contribution in [2.45, 2.75) is 18.9 Å². The van der Waals surface area contributed by atoms with Gasteiger partial charge in [0.15, 0.2) is 0 Å². The van der Waals surface area contributed by atoms with E-state index in [2.05, 4.69) is 4.90 Å². The number of nitrogens with zero attached hydrogens (tertiary/aromatic N) is 1. The number of likely N-dealkylation sites (tertiary alicyclic amines) is 1. The number of nitrogens with two attached hydrogens (primary N) is 2. The van der Waals surface area contributed by atoms with Gasteiger partial charge in [0.25, 0.3) is 0 Å². The SMILES string of the molecule is Cl.NCCN1CC2CCC(N)C2C1. The van der Waals surface area contributed by atoms with Gasteiger partial charge >= 0.3 is 0 Å². The van der Waals surface area contributed by atoms with Crippen LogP contribution in [0.5, 0.6) is 0 Å². The van der Waals surface area contributed by atoms with Gasteiger partial charge < -0.3 is 16.4 Å². The molecule has 1 aliphatic carbocycles. The smallest absolute Gasteiger partial charge is 0.0105 e. The van der Waals surface area contributed by atoms with Gasteiger partial charge in [-0.15, -0.1) is 12.4 Å². The lowest BCUT2D eigenvalue weighted by atomic mass is 9.98. The first-order valence-corrected chi connectivity index (χ1v) is 4.99. The third-order valence-electron chi connectivity index (χ3n) is 3.43. The normalized spacial score (nSPS) is 38.8. The maximum absolute atomic E-state index is 6.02. The molecule has 2 aliphatic rings. The van der Waals surface area contributed by atoms with Gasteiger partial charge in [-0.05, 0) is 24.7 Å². The van der Waals surface area contributed by atoms with Gasteiger partial charge in [0.2, 0.25) is 0 Å². The molecule has 0 spiro atoms. The minimum Gasteiger partial charge on any atom is -0.329 e. The predicted octanol–water partition coefficient (Wildman–Crippen LogP) is 0.0360. The summed E-state index contributed by atoms with van der Waals surface area (Å²) in [4.78, 5) is 2.47. The summed E-state index contributed by atoms with van der Waals surface area (Å²) in [6, 6.07) is 0.470. The minimum atomic E-state index is 0. The Balaban J connectivity index is 0.000000845. The lowest BCUT2D eigenvalue weighted by molar-refractivity contribution is 0.314. The molecular weight excluding hydrogens is 186 g/mol. The Hall–Kier alpha value is 0.170. The molecule has 2 fully saturated rings. The second-order valence-corrected chi connectivity index (χ2v) is 4.21. The van der Waals surface area contributed by atoms with Crippen molar-refractivity contribution < 1.29 is 0 Å². The van der Waals surface area contributed by atoms with E-state index in [9.17, 15) is 0 Å². The fourth-order valence-corrected chi connectivity index (χ4v) is 2.76. The highest BCUT2D eigenvalue weighted by Gasteiger charge is 2.40. The first-order valence-electron chi connectivity index (χ1n) is 4.99. The molecule has 4 heteroatoms. The number of rotatable bonds is 2. The molecule has 0 aromatic rings. The number of hydrogen-bond acceptors (Lipinski definition) is 3. The maximum Gasteiger partial charge on any atom is 0.0105 e. The zero-order valence-electron chi connectivity index (χ0n) is 7.98.